The van der Waals surface area contributed by atoms with Gasteiger partial charge in [0.1, 0.15) is 5.78 Å². The zero-order valence-electron chi connectivity index (χ0n) is 12.8. The highest BCUT2D eigenvalue weighted by Gasteiger charge is 2.24. The molecule has 1 amide bonds. The predicted octanol–water partition coefficient (Wildman–Crippen LogP) is 1.45. The van der Waals surface area contributed by atoms with Gasteiger partial charge in [-0.2, -0.15) is 0 Å². The van der Waals surface area contributed by atoms with E-state index in [-0.39, 0.29) is 17.6 Å². The zero-order chi connectivity index (χ0) is 15.4. The van der Waals surface area contributed by atoms with E-state index in [1.165, 1.54) is 12.8 Å². The highest BCUT2D eigenvalue weighted by molar-refractivity contribution is 5.84. The fraction of sp³-hybridized carbons (Fsp3) is 0.625. The van der Waals surface area contributed by atoms with Gasteiger partial charge in [0.2, 0.25) is 11.9 Å². The molecular formula is C16H22N4O2. The van der Waals surface area contributed by atoms with Crippen molar-refractivity contribution < 1.29 is 9.59 Å². The number of nitrogens with one attached hydrogen (secondary N) is 1. The minimum absolute atomic E-state index is 0.0300. The van der Waals surface area contributed by atoms with E-state index in [4.69, 9.17) is 0 Å². The Morgan fingerprint density at radius 2 is 2.00 bits per heavy atom. The highest BCUT2D eigenvalue weighted by Crippen LogP contribution is 2.21. The van der Waals surface area contributed by atoms with Crippen LogP contribution in [0.3, 0.4) is 0 Å². The summed E-state index contributed by atoms with van der Waals surface area (Å²) in [5, 5.41) is 2.94. The van der Waals surface area contributed by atoms with Crippen LogP contribution in [0.15, 0.2) is 12.3 Å². The zero-order valence-corrected chi connectivity index (χ0v) is 12.8. The molecule has 1 saturated heterocycles. The Kier molecular flexibility index (Phi) is 4.65. The average molecular weight is 302 g/mol. The number of anilines is 1. The molecule has 22 heavy (non-hydrogen) atoms. The second-order valence-electron chi connectivity index (χ2n) is 6.07. The van der Waals surface area contributed by atoms with Crippen LogP contribution in [0.1, 0.15) is 44.2 Å². The molecule has 0 aromatic carbocycles. The molecule has 0 bridgehead atoms. The molecule has 2 fully saturated rings. The number of nitrogens with zero attached hydrogens (tertiary/aromatic N) is 3. The molecule has 1 aliphatic heterocycles. The smallest absolute Gasteiger partial charge is 0.225 e. The Morgan fingerprint density at radius 3 is 2.73 bits per heavy atom. The van der Waals surface area contributed by atoms with Crippen molar-refractivity contribution in [1.82, 2.24) is 15.3 Å². The third-order valence-electron chi connectivity index (χ3n) is 4.45. The van der Waals surface area contributed by atoms with Crippen LogP contribution >= 0.6 is 0 Å². The summed E-state index contributed by atoms with van der Waals surface area (Å²) in [4.78, 5) is 34.4. The lowest BCUT2D eigenvalue weighted by atomic mass is 9.88. The van der Waals surface area contributed by atoms with Crippen molar-refractivity contribution in [3.63, 3.8) is 0 Å². The van der Waals surface area contributed by atoms with Gasteiger partial charge in [-0.1, -0.05) is 0 Å². The van der Waals surface area contributed by atoms with Gasteiger partial charge in [-0.15, -0.1) is 0 Å². The van der Waals surface area contributed by atoms with Crippen LogP contribution in [-0.4, -0.2) is 34.7 Å². The number of carbonyl (C=O) groups excluding carboxylic acids is 2. The number of hydrogen-bond acceptors (Lipinski definition) is 5. The van der Waals surface area contributed by atoms with Crippen LogP contribution in [0.5, 0.6) is 0 Å². The number of ketones is 1. The lowest BCUT2D eigenvalue weighted by Crippen LogP contribution is -2.33. The maximum atomic E-state index is 12.1. The van der Waals surface area contributed by atoms with Gasteiger partial charge in [0.05, 0.1) is 12.2 Å². The first-order chi connectivity index (χ1) is 10.7. The first-order valence-corrected chi connectivity index (χ1v) is 8.08. The number of hydrogen-bond donors (Lipinski definition) is 1. The summed E-state index contributed by atoms with van der Waals surface area (Å²) in [5.74, 6) is 1.04. The molecule has 6 nitrogen and oxygen atoms in total. The predicted molar refractivity (Wildman–Crippen MR) is 82.3 cm³/mol. The Bertz CT molecular complexity index is 545. The van der Waals surface area contributed by atoms with Gasteiger partial charge in [-0.25, -0.2) is 9.97 Å². The second-order valence-corrected chi connectivity index (χ2v) is 6.07. The molecule has 1 aliphatic carbocycles. The van der Waals surface area contributed by atoms with Crippen molar-refractivity contribution in [2.75, 3.05) is 18.0 Å². The Labute approximate surface area is 130 Å². The van der Waals surface area contributed by atoms with Gasteiger partial charge < -0.3 is 10.2 Å². The lowest BCUT2D eigenvalue weighted by Gasteiger charge is -2.20. The molecule has 1 aromatic rings. The summed E-state index contributed by atoms with van der Waals surface area (Å²) >= 11 is 0. The maximum Gasteiger partial charge on any atom is 0.225 e. The van der Waals surface area contributed by atoms with Crippen LogP contribution in [0.2, 0.25) is 0 Å². The SMILES string of the molecule is O=C1CCC(C(=O)NCc2ccnc(N3CCCC3)n2)CC1. The molecular weight excluding hydrogens is 280 g/mol. The number of aromatic nitrogens is 2. The normalized spacial score (nSPS) is 19.5. The Balaban J connectivity index is 1.53. The van der Waals surface area contributed by atoms with E-state index >= 15 is 0 Å². The molecule has 2 heterocycles. The highest BCUT2D eigenvalue weighted by atomic mass is 16.2. The number of rotatable bonds is 4. The van der Waals surface area contributed by atoms with Gasteiger partial charge in [-0.05, 0) is 31.7 Å². The average Bonchev–Trinajstić information content (AvgIpc) is 3.08. The first kappa shape index (κ1) is 14.9. The summed E-state index contributed by atoms with van der Waals surface area (Å²) < 4.78 is 0. The first-order valence-electron chi connectivity index (χ1n) is 8.08. The fourth-order valence-corrected chi connectivity index (χ4v) is 3.08. The molecule has 3 rings (SSSR count). The van der Waals surface area contributed by atoms with Crippen LogP contribution < -0.4 is 10.2 Å². The molecule has 1 N–H and O–H groups in total. The van der Waals surface area contributed by atoms with Crippen molar-refractivity contribution in [2.24, 2.45) is 5.92 Å². The van der Waals surface area contributed by atoms with Crippen LogP contribution in [0.25, 0.3) is 0 Å². The van der Waals surface area contributed by atoms with Crippen molar-refractivity contribution in [1.29, 1.82) is 0 Å². The molecule has 2 aliphatic rings. The third kappa shape index (κ3) is 3.61. The summed E-state index contributed by atoms with van der Waals surface area (Å²) in [5.41, 5.74) is 0.831. The fourth-order valence-electron chi connectivity index (χ4n) is 3.08. The van der Waals surface area contributed by atoms with Gasteiger partial charge in [0, 0.05) is 38.0 Å². The lowest BCUT2D eigenvalue weighted by molar-refractivity contribution is -0.128. The van der Waals surface area contributed by atoms with E-state index < -0.39 is 0 Å². The van der Waals surface area contributed by atoms with E-state index in [0.29, 0.717) is 32.2 Å². The number of Topliss-reactive ketones (excluding diaryl/α,β-unsaturated/α-hetero) is 1. The minimum atomic E-state index is -0.0300. The molecule has 1 saturated carbocycles. The molecule has 0 atom stereocenters. The standard InChI is InChI=1S/C16H22N4O2/c21-14-5-3-12(4-6-14)15(22)18-11-13-7-8-17-16(19-13)20-9-1-2-10-20/h7-8,12H,1-6,9-11H2,(H,18,22). The Morgan fingerprint density at radius 1 is 1.27 bits per heavy atom. The quantitative estimate of drug-likeness (QED) is 0.911. The van der Waals surface area contributed by atoms with Crippen LogP contribution in [0.4, 0.5) is 5.95 Å². The van der Waals surface area contributed by atoms with Gasteiger partial charge in [0.15, 0.2) is 0 Å². The van der Waals surface area contributed by atoms with E-state index in [1.807, 2.05) is 6.07 Å². The van der Waals surface area contributed by atoms with Crippen molar-refractivity contribution in [3.8, 4) is 0 Å². The van der Waals surface area contributed by atoms with Crippen molar-refractivity contribution >= 4 is 17.6 Å². The topological polar surface area (TPSA) is 75.2 Å². The molecule has 0 unspecified atom stereocenters. The molecule has 1 aromatic heterocycles. The molecule has 118 valence electrons. The maximum absolute atomic E-state index is 12.1. The van der Waals surface area contributed by atoms with Crippen LogP contribution in [-0.2, 0) is 16.1 Å². The van der Waals surface area contributed by atoms with E-state index in [9.17, 15) is 9.59 Å². The summed E-state index contributed by atoms with van der Waals surface area (Å²) in [6.07, 6.45) is 6.53. The molecule has 0 spiro atoms. The second kappa shape index (κ2) is 6.85. The summed E-state index contributed by atoms with van der Waals surface area (Å²) in [6.45, 7) is 2.43. The van der Waals surface area contributed by atoms with Gasteiger partial charge in [-0.3, -0.25) is 9.59 Å². The Hall–Kier alpha value is -1.98. The van der Waals surface area contributed by atoms with E-state index in [1.54, 1.807) is 6.20 Å². The summed E-state index contributed by atoms with van der Waals surface area (Å²) in [7, 11) is 0. The molecule has 0 radical (unpaired) electrons. The van der Waals surface area contributed by atoms with Gasteiger partial charge in [0.25, 0.3) is 0 Å². The largest absolute Gasteiger partial charge is 0.350 e. The van der Waals surface area contributed by atoms with Crippen LogP contribution in [0, 0.1) is 5.92 Å². The molecule has 6 heteroatoms. The number of carbonyl (C=O) groups is 2. The van der Waals surface area contributed by atoms with Crippen molar-refractivity contribution in [2.45, 2.75) is 45.1 Å². The van der Waals surface area contributed by atoms with E-state index in [2.05, 4.69) is 20.2 Å². The summed E-state index contributed by atoms with van der Waals surface area (Å²) in [6, 6.07) is 1.84. The third-order valence-corrected chi connectivity index (χ3v) is 4.45. The monoisotopic (exact) mass is 302 g/mol. The van der Waals surface area contributed by atoms with Gasteiger partial charge >= 0.3 is 0 Å². The number of amides is 1. The minimum Gasteiger partial charge on any atom is -0.350 e. The van der Waals surface area contributed by atoms with E-state index in [0.717, 1.165) is 24.7 Å². The van der Waals surface area contributed by atoms with Crippen molar-refractivity contribution in [3.05, 3.63) is 18.0 Å².